The molecular formula is C32H46N4O7. The van der Waals surface area contributed by atoms with Crippen LogP contribution >= 0.6 is 0 Å². The van der Waals surface area contributed by atoms with Crippen LogP contribution < -0.4 is 10.6 Å². The zero-order valence-electron chi connectivity index (χ0n) is 26.2. The number of hydrogen-bond acceptors (Lipinski definition) is 10. The molecule has 6 atom stereocenters. The first kappa shape index (κ1) is 32.8. The summed E-state index contributed by atoms with van der Waals surface area (Å²) in [5.74, 6) is -10.3. The Kier molecular flexibility index (Phi) is 9.49. The van der Waals surface area contributed by atoms with E-state index in [0.29, 0.717) is 17.7 Å². The quantitative estimate of drug-likeness (QED) is 0.317. The van der Waals surface area contributed by atoms with Crippen molar-refractivity contribution in [1.82, 2.24) is 9.80 Å². The highest BCUT2D eigenvalue weighted by Crippen LogP contribution is 2.52. The molecule has 4 N–H and O–H groups in total. The van der Waals surface area contributed by atoms with E-state index in [-0.39, 0.29) is 24.2 Å². The van der Waals surface area contributed by atoms with Crippen molar-refractivity contribution in [3.63, 3.8) is 0 Å². The van der Waals surface area contributed by atoms with Crippen LogP contribution in [-0.2, 0) is 32.1 Å². The van der Waals surface area contributed by atoms with Gasteiger partial charge in [0.15, 0.2) is 34.7 Å². The summed E-state index contributed by atoms with van der Waals surface area (Å²) in [5, 5.41) is 23.4. The van der Waals surface area contributed by atoms with Gasteiger partial charge in [-0.15, -0.1) is 0 Å². The van der Waals surface area contributed by atoms with Crippen molar-refractivity contribution < 1.29 is 34.2 Å². The van der Waals surface area contributed by atoms with E-state index in [1.54, 1.807) is 14.1 Å². The van der Waals surface area contributed by atoms with Crippen molar-refractivity contribution in [2.24, 2.45) is 29.4 Å². The smallest absolute Gasteiger partial charge is 0.235 e. The summed E-state index contributed by atoms with van der Waals surface area (Å²) in [6, 6.07) is 0.782. The average Bonchev–Trinajstić information content (AvgIpc) is 2.92. The highest BCUT2D eigenvalue weighted by molar-refractivity contribution is 6.32. The summed E-state index contributed by atoms with van der Waals surface area (Å²) < 4.78 is 0. The third-order valence-electron chi connectivity index (χ3n) is 9.65. The molecule has 3 aliphatic rings. The number of amides is 1. The molecule has 3 aliphatic carbocycles. The fraction of sp³-hybridized carbons (Fsp3) is 0.656. The summed E-state index contributed by atoms with van der Waals surface area (Å²) in [6.07, 6.45) is 4.28. The molecule has 43 heavy (non-hydrogen) atoms. The number of aliphatic hydroxyl groups is 1. The minimum Gasteiger partial charge on any atom is -0.507 e. The zero-order chi connectivity index (χ0) is 32.0. The zero-order valence-corrected chi connectivity index (χ0v) is 26.2. The Labute approximate surface area is 253 Å². The van der Waals surface area contributed by atoms with Gasteiger partial charge in [-0.25, -0.2) is 0 Å². The molecule has 0 radical (unpaired) electrons. The molecule has 0 spiro atoms. The van der Waals surface area contributed by atoms with E-state index in [0.717, 1.165) is 44.5 Å². The van der Waals surface area contributed by atoms with Crippen molar-refractivity contribution >= 4 is 34.7 Å². The fourth-order valence-electron chi connectivity index (χ4n) is 7.50. The second-order valence-electron chi connectivity index (χ2n) is 12.9. The second kappa shape index (κ2) is 12.5. The maximum absolute atomic E-state index is 14.3. The molecule has 4 rings (SSSR count). The molecule has 0 saturated heterocycles. The van der Waals surface area contributed by atoms with Crippen molar-refractivity contribution in [3.05, 3.63) is 22.8 Å². The number of benzene rings is 1. The van der Waals surface area contributed by atoms with Gasteiger partial charge in [0.2, 0.25) is 5.91 Å². The Morgan fingerprint density at radius 3 is 2.14 bits per heavy atom. The Morgan fingerprint density at radius 1 is 1.02 bits per heavy atom. The second-order valence-corrected chi connectivity index (χ2v) is 12.9. The first-order chi connectivity index (χ1) is 20.2. The number of aromatic hydroxyl groups is 1. The normalized spacial score (nSPS) is 28.6. The number of carbonyl (C=O) groups excluding carboxylic acids is 5. The summed E-state index contributed by atoms with van der Waals surface area (Å²) in [7, 11) is 6.86. The number of nitrogens with two attached hydrogens (primary N) is 1. The van der Waals surface area contributed by atoms with Crippen LogP contribution in [-0.4, -0.2) is 102 Å². The van der Waals surface area contributed by atoms with E-state index in [1.807, 2.05) is 25.1 Å². The molecule has 1 amide bonds. The van der Waals surface area contributed by atoms with Gasteiger partial charge in [0.25, 0.3) is 0 Å². The third kappa shape index (κ3) is 5.40. The molecule has 0 bridgehead atoms. The molecule has 0 aromatic heterocycles. The molecule has 236 valence electrons. The van der Waals surface area contributed by atoms with Gasteiger partial charge < -0.3 is 20.8 Å². The van der Waals surface area contributed by atoms with E-state index in [2.05, 4.69) is 18.7 Å². The Hall–Kier alpha value is -3.15. The van der Waals surface area contributed by atoms with Crippen LogP contribution in [0.25, 0.3) is 0 Å². The van der Waals surface area contributed by atoms with Crippen LogP contribution in [0.1, 0.15) is 67.4 Å². The lowest BCUT2D eigenvalue weighted by Gasteiger charge is -2.52. The molecule has 2 unspecified atom stereocenters. The van der Waals surface area contributed by atoms with Crippen molar-refractivity contribution in [2.75, 3.05) is 46.2 Å². The van der Waals surface area contributed by atoms with Crippen LogP contribution in [0.5, 0.6) is 5.75 Å². The number of Topliss-reactive ketones (excluding diaryl/α,β-unsaturated/α-hetero) is 4. The van der Waals surface area contributed by atoms with E-state index < -0.39 is 64.4 Å². The Morgan fingerprint density at radius 2 is 1.63 bits per heavy atom. The molecule has 1 aromatic rings. The van der Waals surface area contributed by atoms with Gasteiger partial charge in [0, 0.05) is 37.8 Å². The molecule has 2 saturated carbocycles. The molecular weight excluding hydrogens is 552 g/mol. The van der Waals surface area contributed by atoms with Gasteiger partial charge in [0.1, 0.15) is 5.75 Å². The molecule has 2 fully saturated rings. The summed E-state index contributed by atoms with van der Waals surface area (Å²) in [6.45, 7) is 6.33. The number of fused-ring (bicyclic) bond motifs is 3. The standard InChI is InChI=1S/C32H46N4O7/c1-7-9-11-36(12-10-8-2)16-18-15-21(34(3)4)19-13-17-14-20-25(35(5)6)28(39)24(31(33)42)30(41)32(20,43)29(40)22(17)27(38)23(19)26(18)37/h15,17,20,22,24-25,37,43H,7-14,16H2,1-6H3,(H2,33,42)/t17-,20-,22?,24?,25-,32-/m0/s1. The van der Waals surface area contributed by atoms with Crippen molar-refractivity contribution in [2.45, 2.75) is 70.6 Å². The van der Waals surface area contributed by atoms with Gasteiger partial charge in [-0.05, 0) is 70.4 Å². The monoisotopic (exact) mass is 598 g/mol. The lowest BCUT2D eigenvalue weighted by Crippen LogP contribution is -2.74. The van der Waals surface area contributed by atoms with Crippen molar-refractivity contribution in [3.8, 4) is 5.75 Å². The predicted octanol–water partition coefficient (Wildman–Crippen LogP) is 1.34. The lowest BCUT2D eigenvalue weighted by atomic mass is 9.52. The highest BCUT2D eigenvalue weighted by Gasteiger charge is 2.69. The number of rotatable bonds is 11. The van der Waals surface area contributed by atoms with Crippen LogP contribution in [0.3, 0.4) is 0 Å². The van der Waals surface area contributed by atoms with E-state index >= 15 is 0 Å². The molecule has 11 nitrogen and oxygen atoms in total. The number of carbonyl (C=O) groups is 5. The highest BCUT2D eigenvalue weighted by atomic mass is 16.3. The fourth-order valence-corrected chi connectivity index (χ4v) is 7.50. The summed E-state index contributed by atoms with van der Waals surface area (Å²) >= 11 is 0. The van der Waals surface area contributed by atoms with E-state index in [4.69, 9.17) is 5.73 Å². The number of primary amides is 1. The third-order valence-corrected chi connectivity index (χ3v) is 9.65. The van der Waals surface area contributed by atoms with Gasteiger partial charge in [-0.2, -0.15) is 0 Å². The van der Waals surface area contributed by atoms with Gasteiger partial charge in [-0.1, -0.05) is 26.7 Å². The Balaban J connectivity index is 1.82. The number of hydrogen-bond donors (Lipinski definition) is 3. The number of nitrogens with zero attached hydrogens (tertiary/aromatic N) is 3. The number of phenolic OH excluding ortho intramolecular Hbond substituents is 1. The number of anilines is 1. The minimum absolute atomic E-state index is 0.0289. The van der Waals surface area contributed by atoms with E-state index in [1.165, 1.54) is 4.90 Å². The van der Waals surface area contributed by atoms with Crippen LogP contribution in [0.2, 0.25) is 0 Å². The summed E-state index contributed by atoms with van der Waals surface area (Å²) in [5.41, 5.74) is 4.65. The number of unbranched alkanes of at least 4 members (excludes halogenated alkanes) is 2. The lowest BCUT2D eigenvalue weighted by molar-refractivity contribution is -0.181. The van der Waals surface area contributed by atoms with Gasteiger partial charge in [0.05, 0.1) is 17.5 Å². The number of ketones is 4. The Bertz CT molecular complexity index is 1320. The first-order valence-electron chi connectivity index (χ1n) is 15.3. The SMILES string of the molecule is CCCCN(CCCC)Cc1cc(N(C)C)c2c(c1O)C(=O)C1C(=O)[C@]3(O)C(=O)C(C(N)=O)C(=O)[C@@H](N(C)C)[C@@H]3C[C@@H]1C2. The first-order valence-corrected chi connectivity index (χ1v) is 15.3. The van der Waals surface area contributed by atoms with Crippen molar-refractivity contribution in [1.29, 1.82) is 0 Å². The maximum atomic E-state index is 14.3. The molecule has 11 heteroatoms. The topological polar surface area (TPSA) is 162 Å². The average molecular weight is 599 g/mol. The van der Waals surface area contributed by atoms with E-state index in [9.17, 15) is 34.2 Å². The minimum atomic E-state index is -2.73. The van der Waals surface area contributed by atoms with Crippen LogP contribution in [0.4, 0.5) is 5.69 Å². The molecule has 1 aromatic carbocycles. The number of phenols is 1. The summed E-state index contributed by atoms with van der Waals surface area (Å²) in [4.78, 5) is 73.0. The van der Waals surface area contributed by atoms with Gasteiger partial charge >= 0.3 is 0 Å². The predicted molar refractivity (Wildman–Crippen MR) is 161 cm³/mol. The largest absolute Gasteiger partial charge is 0.507 e. The van der Waals surface area contributed by atoms with Crippen LogP contribution in [0, 0.1) is 23.7 Å². The number of likely N-dealkylation sites (N-methyl/N-ethyl adjacent to an activating group) is 1. The van der Waals surface area contributed by atoms with Crippen LogP contribution in [0.15, 0.2) is 6.07 Å². The molecule has 0 heterocycles. The van der Waals surface area contributed by atoms with Gasteiger partial charge in [-0.3, -0.25) is 33.8 Å². The maximum Gasteiger partial charge on any atom is 0.235 e. The molecule has 0 aliphatic heterocycles.